The van der Waals surface area contributed by atoms with Crippen LogP contribution in [-0.4, -0.2) is 15.1 Å². The van der Waals surface area contributed by atoms with Crippen LogP contribution in [0.3, 0.4) is 0 Å². The Bertz CT molecular complexity index is 1060. The third kappa shape index (κ3) is 4.15. The minimum absolute atomic E-state index is 0.277. The molecule has 6 nitrogen and oxygen atoms in total. The van der Waals surface area contributed by atoms with Crippen LogP contribution in [0.4, 0.5) is 10.2 Å². The summed E-state index contributed by atoms with van der Waals surface area (Å²) < 4.78 is 23.9. The Labute approximate surface area is 160 Å². The maximum atomic E-state index is 12.9. The number of nitrogens with two attached hydrogens (primary N) is 1. The molecule has 0 aliphatic rings. The van der Waals surface area contributed by atoms with Crippen molar-refractivity contribution >= 4 is 5.82 Å². The molecule has 28 heavy (non-hydrogen) atoms. The molecule has 1 aromatic carbocycles. The largest absolute Gasteiger partial charge is 0.487 e. The van der Waals surface area contributed by atoms with Gasteiger partial charge in [-0.1, -0.05) is 17.3 Å². The molecule has 3 aromatic heterocycles. The number of rotatable bonds is 6. The molecule has 0 bridgehead atoms. The first-order valence-electron chi connectivity index (χ1n) is 8.66. The average molecular weight is 376 g/mol. The highest BCUT2D eigenvalue weighted by Crippen LogP contribution is 2.25. The molecule has 0 aliphatic carbocycles. The second-order valence-corrected chi connectivity index (χ2v) is 6.20. The highest BCUT2D eigenvalue weighted by atomic mass is 19.1. The van der Waals surface area contributed by atoms with Gasteiger partial charge in [0.15, 0.2) is 5.76 Å². The van der Waals surface area contributed by atoms with Crippen molar-refractivity contribution in [2.75, 3.05) is 5.73 Å². The van der Waals surface area contributed by atoms with Crippen LogP contribution in [0.25, 0.3) is 11.3 Å². The van der Waals surface area contributed by atoms with Crippen LogP contribution in [0.15, 0.2) is 71.5 Å². The molecule has 0 amide bonds. The van der Waals surface area contributed by atoms with Crippen molar-refractivity contribution in [1.82, 2.24) is 15.1 Å². The first-order valence-corrected chi connectivity index (χ1v) is 8.66. The van der Waals surface area contributed by atoms with E-state index in [1.54, 1.807) is 18.3 Å². The Hall–Kier alpha value is -3.74. The molecule has 0 saturated heterocycles. The van der Waals surface area contributed by atoms with Gasteiger partial charge in [-0.2, -0.15) is 0 Å². The summed E-state index contributed by atoms with van der Waals surface area (Å²) in [6, 6.07) is 16.1. The van der Waals surface area contributed by atoms with Crippen molar-refractivity contribution < 1.29 is 13.7 Å². The molecule has 0 radical (unpaired) electrons. The number of benzene rings is 1. The minimum Gasteiger partial charge on any atom is -0.487 e. The first kappa shape index (κ1) is 17.7. The second-order valence-electron chi connectivity index (χ2n) is 6.20. The van der Waals surface area contributed by atoms with Gasteiger partial charge in [0.05, 0.1) is 23.1 Å². The number of hydrogen-bond donors (Lipinski definition) is 1. The summed E-state index contributed by atoms with van der Waals surface area (Å²) in [5, 5.41) is 4.11. The monoisotopic (exact) mass is 376 g/mol. The van der Waals surface area contributed by atoms with E-state index in [-0.39, 0.29) is 12.4 Å². The molecule has 3 heterocycles. The van der Waals surface area contributed by atoms with E-state index in [4.69, 9.17) is 15.0 Å². The van der Waals surface area contributed by atoms with E-state index in [0.29, 0.717) is 29.4 Å². The van der Waals surface area contributed by atoms with Crippen LogP contribution < -0.4 is 10.5 Å². The zero-order valence-corrected chi connectivity index (χ0v) is 14.9. The van der Waals surface area contributed by atoms with Crippen molar-refractivity contribution in [2.45, 2.75) is 13.0 Å². The summed E-state index contributed by atoms with van der Waals surface area (Å²) >= 11 is 0. The van der Waals surface area contributed by atoms with E-state index in [2.05, 4.69) is 15.1 Å². The number of aromatic nitrogens is 3. The van der Waals surface area contributed by atoms with E-state index >= 15 is 0 Å². The zero-order valence-electron chi connectivity index (χ0n) is 14.9. The predicted octanol–water partition coefficient (Wildman–Crippen LogP) is 4.02. The molecule has 0 saturated carbocycles. The Morgan fingerprint density at radius 1 is 1.00 bits per heavy atom. The van der Waals surface area contributed by atoms with Gasteiger partial charge in [0, 0.05) is 18.7 Å². The lowest BCUT2D eigenvalue weighted by atomic mass is 10.1. The highest BCUT2D eigenvalue weighted by molar-refractivity contribution is 5.69. The maximum absolute atomic E-state index is 12.9. The quantitative estimate of drug-likeness (QED) is 0.547. The lowest BCUT2D eigenvalue weighted by Gasteiger charge is -2.06. The topological polar surface area (TPSA) is 87.1 Å². The minimum atomic E-state index is -0.365. The molecule has 7 heteroatoms. The van der Waals surface area contributed by atoms with E-state index in [1.807, 2.05) is 36.4 Å². The normalized spacial score (nSPS) is 10.8. The fraction of sp³-hybridized carbons (Fsp3) is 0.0952. The van der Waals surface area contributed by atoms with Gasteiger partial charge in [-0.05, 0) is 42.0 Å². The Balaban J connectivity index is 1.38. The number of ether oxygens (including phenoxy) is 1. The SMILES string of the molecule is Nc1ncccc1-c1cc(Cc2ccc(OCc3ccc(F)cn3)cc2)no1. The summed E-state index contributed by atoms with van der Waals surface area (Å²) in [5.74, 6) is 1.34. The molecule has 0 fully saturated rings. The van der Waals surface area contributed by atoms with Gasteiger partial charge in [-0.15, -0.1) is 0 Å². The average Bonchev–Trinajstić information content (AvgIpc) is 3.17. The molecule has 0 atom stereocenters. The van der Waals surface area contributed by atoms with Crippen molar-refractivity contribution in [2.24, 2.45) is 0 Å². The van der Waals surface area contributed by atoms with E-state index in [0.717, 1.165) is 16.8 Å². The number of nitrogens with zero attached hydrogens (tertiary/aromatic N) is 3. The van der Waals surface area contributed by atoms with Gasteiger partial charge < -0.3 is 15.0 Å². The number of hydrogen-bond acceptors (Lipinski definition) is 6. The van der Waals surface area contributed by atoms with Gasteiger partial charge in [-0.25, -0.2) is 9.37 Å². The van der Waals surface area contributed by atoms with Crippen LogP contribution in [0, 0.1) is 5.82 Å². The Morgan fingerprint density at radius 2 is 1.86 bits per heavy atom. The Morgan fingerprint density at radius 3 is 2.61 bits per heavy atom. The van der Waals surface area contributed by atoms with Crippen molar-refractivity contribution in [3.63, 3.8) is 0 Å². The fourth-order valence-corrected chi connectivity index (χ4v) is 2.71. The highest BCUT2D eigenvalue weighted by Gasteiger charge is 2.10. The van der Waals surface area contributed by atoms with Crippen LogP contribution in [0.1, 0.15) is 17.0 Å². The molecule has 140 valence electrons. The number of anilines is 1. The van der Waals surface area contributed by atoms with Crippen LogP contribution in [0.5, 0.6) is 5.75 Å². The summed E-state index contributed by atoms with van der Waals surface area (Å²) in [7, 11) is 0. The number of halogens is 1. The maximum Gasteiger partial charge on any atom is 0.170 e. The van der Waals surface area contributed by atoms with Gasteiger partial charge in [-0.3, -0.25) is 4.98 Å². The number of nitrogen functional groups attached to an aromatic ring is 1. The third-order valence-electron chi connectivity index (χ3n) is 4.15. The number of pyridine rings is 2. The first-order chi connectivity index (χ1) is 13.7. The van der Waals surface area contributed by atoms with E-state index < -0.39 is 0 Å². The third-order valence-corrected chi connectivity index (χ3v) is 4.15. The summed E-state index contributed by atoms with van der Waals surface area (Å²) in [6.45, 7) is 0.277. The van der Waals surface area contributed by atoms with E-state index in [9.17, 15) is 4.39 Å². The molecule has 0 aliphatic heterocycles. The molecular formula is C21H17FN4O2. The standard InChI is InChI=1S/C21H17FN4O2/c22-15-5-6-16(25-12-15)13-27-18-7-3-14(4-8-18)10-17-11-20(28-26-17)19-2-1-9-24-21(19)23/h1-9,11-12H,10,13H2,(H2,23,24). The Kier molecular flexibility index (Phi) is 4.97. The second kappa shape index (κ2) is 7.87. The predicted molar refractivity (Wildman–Crippen MR) is 102 cm³/mol. The van der Waals surface area contributed by atoms with Crippen molar-refractivity contribution in [1.29, 1.82) is 0 Å². The van der Waals surface area contributed by atoms with Gasteiger partial charge in [0.1, 0.15) is 24.0 Å². The zero-order chi connectivity index (χ0) is 19.3. The fourth-order valence-electron chi connectivity index (χ4n) is 2.71. The van der Waals surface area contributed by atoms with Gasteiger partial charge in [0.2, 0.25) is 0 Å². The molecule has 4 rings (SSSR count). The van der Waals surface area contributed by atoms with Crippen molar-refractivity contribution in [3.8, 4) is 17.1 Å². The lowest BCUT2D eigenvalue weighted by molar-refractivity contribution is 0.301. The summed E-state index contributed by atoms with van der Waals surface area (Å²) in [4.78, 5) is 8.02. The molecule has 4 aromatic rings. The smallest absolute Gasteiger partial charge is 0.170 e. The van der Waals surface area contributed by atoms with E-state index in [1.165, 1.54) is 12.3 Å². The van der Waals surface area contributed by atoms with Crippen LogP contribution in [-0.2, 0) is 13.0 Å². The van der Waals surface area contributed by atoms with Crippen LogP contribution >= 0.6 is 0 Å². The molecule has 0 unspecified atom stereocenters. The van der Waals surface area contributed by atoms with Gasteiger partial charge in [0.25, 0.3) is 0 Å². The summed E-state index contributed by atoms with van der Waals surface area (Å²) in [6.07, 6.45) is 3.42. The van der Waals surface area contributed by atoms with Crippen molar-refractivity contribution in [3.05, 3.63) is 89.8 Å². The van der Waals surface area contributed by atoms with Gasteiger partial charge >= 0.3 is 0 Å². The summed E-state index contributed by atoms with van der Waals surface area (Å²) in [5.41, 5.74) is 9.11. The van der Waals surface area contributed by atoms with Crippen LogP contribution in [0.2, 0.25) is 0 Å². The molecular weight excluding hydrogens is 359 g/mol. The molecule has 2 N–H and O–H groups in total. The molecule has 0 spiro atoms. The lowest BCUT2D eigenvalue weighted by Crippen LogP contribution is -1.98.